The molecule has 4 aromatic rings. The fourth-order valence-electron chi connectivity index (χ4n) is 3.58. The zero-order valence-corrected chi connectivity index (χ0v) is 19.1. The van der Waals surface area contributed by atoms with Gasteiger partial charge in [0.25, 0.3) is 10.0 Å². The predicted molar refractivity (Wildman–Crippen MR) is 121 cm³/mol. The van der Waals surface area contributed by atoms with Crippen molar-refractivity contribution in [2.24, 2.45) is 0 Å². The Balaban J connectivity index is 1.59. The summed E-state index contributed by atoms with van der Waals surface area (Å²) in [6, 6.07) is 7.51. The molecule has 1 N–H and O–H groups in total. The third-order valence-electron chi connectivity index (χ3n) is 5.06. The highest BCUT2D eigenvalue weighted by Gasteiger charge is 2.31. The van der Waals surface area contributed by atoms with Crippen molar-refractivity contribution in [3.8, 4) is 23.0 Å². The first-order valence-electron chi connectivity index (χ1n) is 11.2. The Labute approximate surface area is 198 Å². The summed E-state index contributed by atoms with van der Waals surface area (Å²) in [5, 5.41) is 8.07. The van der Waals surface area contributed by atoms with Gasteiger partial charge in [-0.25, -0.2) is 8.42 Å². The molecule has 0 amide bonds. The van der Waals surface area contributed by atoms with Crippen LogP contribution in [0.2, 0.25) is 0 Å². The van der Waals surface area contributed by atoms with E-state index in [0.29, 0.717) is 13.0 Å². The fraction of sp³-hybridized carbons (Fsp3) is 0.273. The van der Waals surface area contributed by atoms with Gasteiger partial charge in [0, 0.05) is 18.8 Å². The van der Waals surface area contributed by atoms with E-state index in [1.807, 2.05) is 0 Å². The van der Waals surface area contributed by atoms with Gasteiger partial charge in [-0.2, -0.15) is 5.10 Å². The molecule has 0 aliphatic carbocycles. The molecule has 1 aliphatic rings. The van der Waals surface area contributed by atoms with Crippen molar-refractivity contribution in [1.29, 1.82) is 0 Å². The first-order chi connectivity index (χ1) is 17.3. The van der Waals surface area contributed by atoms with E-state index in [9.17, 15) is 8.42 Å². The zero-order valence-electron chi connectivity index (χ0n) is 20.3. The van der Waals surface area contributed by atoms with Crippen LogP contribution in [0.25, 0.3) is 11.0 Å². The summed E-state index contributed by atoms with van der Waals surface area (Å²) in [4.78, 5) is -0.244. The Kier molecular flexibility index (Phi) is 5.04. The van der Waals surface area contributed by atoms with Crippen molar-refractivity contribution in [2.45, 2.75) is 17.8 Å². The average Bonchev–Trinajstić information content (AvgIpc) is 3.48. The second kappa shape index (κ2) is 8.78. The number of ether oxygens (including phenoxy) is 4. The normalized spacial score (nSPS) is 14.8. The summed E-state index contributed by atoms with van der Waals surface area (Å²) >= 11 is 0. The molecular formula is C22H22N4O7S. The van der Waals surface area contributed by atoms with Crippen molar-refractivity contribution >= 4 is 26.8 Å². The van der Waals surface area contributed by atoms with Gasteiger partial charge in [0.05, 0.1) is 36.7 Å². The van der Waals surface area contributed by atoms with Crippen LogP contribution in [0.3, 0.4) is 0 Å². The van der Waals surface area contributed by atoms with Crippen LogP contribution in [-0.2, 0) is 16.5 Å². The number of methoxy groups -OCH3 is 2. The largest absolute Gasteiger partial charge is 0.496 e. The van der Waals surface area contributed by atoms with Gasteiger partial charge in [0.2, 0.25) is 0 Å². The summed E-state index contributed by atoms with van der Waals surface area (Å²) < 4.78 is 75.1. The molecule has 0 fully saturated rings. The highest BCUT2D eigenvalue weighted by atomic mass is 32.2. The SMILES string of the molecule is [2H]C([2H])(c1cc(OC)c2c(NS(=O)(=O)c3c(OC)ccc4c3OCCCO4)noc2c1)n1cccn1. The lowest BCUT2D eigenvalue weighted by Gasteiger charge is -2.16. The number of aromatic nitrogens is 3. The van der Waals surface area contributed by atoms with Gasteiger partial charge in [0.1, 0.15) is 16.9 Å². The highest BCUT2D eigenvalue weighted by molar-refractivity contribution is 7.93. The van der Waals surface area contributed by atoms with E-state index in [4.69, 9.17) is 26.2 Å². The standard InChI is InChI=1S/C22H22N4O7S/c1-29-16-6-5-15-20(32-10-4-9-31-15)21(16)34(27,28)25-22-19-17(30-2)11-14(12-18(19)33-24-22)13-26-8-3-7-23-26/h3,5-8,11-12H,4,9-10,13H2,1-2H3,(H,24,25)/i13D2. The van der Waals surface area contributed by atoms with Crippen LogP contribution in [0.1, 0.15) is 14.7 Å². The Morgan fingerprint density at radius 2 is 2.00 bits per heavy atom. The number of anilines is 1. The molecular weight excluding hydrogens is 464 g/mol. The fourth-order valence-corrected chi connectivity index (χ4v) is 4.90. The van der Waals surface area contributed by atoms with Crippen molar-refractivity contribution in [1.82, 2.24) is 14.9 Å². The minimum Gasteiger partial charge on any atom is -0.496 e. The lowest BCUT2D eigenvalue weighted by molar-refractivity contribution is 0.293. The number of rotatable bonds is 7. The van der Waals surface area contributed by atoms with E-state index in [-0.39, 0.29) is 56.9 Å². The monoisotopic (exact) mass is 488 g/mol. The smallest absolute Gasteiger partial charge is 0.270 e. The van der Waals surface area contributed by atoms with E-state index >= 15 is 0 Å². The predicted octanol–water partition coefficient (Wildman–Crippen LogP) is 3.05. The van der Waals surface area contributed by atoms with Crippen LogP contribution in [-0.4, -0.2) is 50.8 Å². The van der Waals surface area contributed by atoms with E-state index < -0.39 is 16.5 Å². The summed E-state index contributed by atoms with van der Waals surface area (Å²) in [5.74, 6) is 0.370. The number of hydrogen-bond acceptors (Lipinski definition) is 9. The minimum atomic E-state index is -4.32. The zero-order chi connectivity index (χ0) is 25.5. The summed E-state index contributed by atoms with van der Waals surface area (Å²) in [6.45, 7) is -1.39. The Hall–Kier alpha value is -3.93. The molecule has 178 valence electrons. The number of sulfonamides is 1. The lowest BCUT2D eigenvalue weighted by Crippen LogP contribution is -2.16. The van der Waals surface area contributed by atoms with Crippen LogP contribution in [0.5, 0.6) is 23.0 Å². The summed E-state index contributed by atoms with van der Waals surface area (Å²) in [7, 11) is -1.60. The van der Waals surface area contributed by atoms with Gasteiger partial charge in [-0.15, -0.1) is 0 Å². The highest BCUT2D eigenvalue weighted by Crippen LogP contribution is 2.43. The maximum atomic E-state index is 13.6. The van der Waals surface area contributed by atoms with Crippen molar-refractivity contribution in [3.05, 3.63) is 48.3 Å². The maximum absolute atomic E-state index is 13.6. The van der Waals surface area contributed by atoms with Crippen LogP contribution in [0, 0.1) is 0 Å². The second-order valence-corrected chi connectivity index (χ2v) is 8.84. The number of benzene rings is 2. The van der Waals surface area contributed by atoms with E-state index in [1.54, 1.807) is 12.1 Å². The molecule has 0 atom stereocenters. The first kappa shape index (κ1) is 19.5. The molecule has 12 heteroatoms. The third-order valence-corrected chi connectivity index (χ3v) is 6.44. The number of nitrogens with one attached hydrogen (secondary N) is 1. The Morgan fingerprint density at radius 1 is 1.18 bits per heavy atom. The molecule has 2 aromatic heterocycles. The molecule has 2 aromatic carbocycles. The van der Waals surface area contributed by atoms with Crippen molar-refractivity contribution in [3.63, 3.8) is 0 Å². The van der Waals surface area contributed by atoms with Gasteiger partial charge in [-0.1, -0.05) is 5.16 Å². The van der Waals surface area contributed by atoms with Gasteiger partial charge in [-0.05, 0) is 35.9 Å². The summed E-state index contributed by atoms with van der Waals surface area (Å²) in [6.07, 6.45) is 3.53. The number of fused-ring (bicyclic) bond motifs is 2. The van der Waals surface area contributed by atoms with Gasteiger partial charge >= 0.3 is 0 Å². The second-order valence-electron chi connectivity index (χ2n) is 7.23. The van der Waals surface area contributed by atoms with Crippen LogP contribution in [0.4, 0.5) is 5.82 Å². The van der Waals surface area contributed by atoms with Crippen molar-refractivity contribution < 1.29 is 34.6 Å². The van der Waals surface area contributed by atoms with Crippen LogP contribution in [0.15, 0.2) is 52.1 Å². The van der Waals surface area contributed by atoms with Crippen molar-refractivity contribution in [2.75, 3.05) is 32.2 Å². The molecule has 34 heavy (non-hydrogen) atoms. The van der Waals surface area contributed by atoms with Gasteiger partial charge in [-0.3, -0.25) is 9.40 Å². The van der Waals surface area contributed by atoms with E-state index in [2.05, 4.69) is 15.0 Å². The third kappa shape index (κ3) is 3.96. The quantitative estimate of drug-likeness (QED) is 0.417. The molecule has 0 saturated heterocycles. The minimum absolute atomic E-state index is 0.0359. The molecule has 1 aliphatic heterocycles. The molecule has 5 rings (SSSR count). The molecule has 11 nitrogen and oxygen atoms in total. The molecule has 0 saturated carbocycles. The first-order valence-corrected chi connectivity index (χ1v) is 11.7. The molecule has 0 spiro atoms. The lowest BCUT2D eigenvalue weighted by atomic mass is 10.1. The molecule has 0 unspecified atom stereocenters. The Bertz CT molecular complexity index is 1520. The van der Waals surface area contributed by atoms with Crippen LogP contribution >= 0.6 is 0 Å². The molecule has 0 bridgehead atoms. The number of nitrogens with zero attached hydrogens (tertiary/aromatic N) is 3. The van der Waals surface area contributed by atoms with Crippen LogP contribution < -0.4 is 23.7 Å². The Morgan fingerprint density at radius 3 is 2.76 bits per heavy atom. The maximum Gasteiger partial charge on any atom is 0.270 e. The number of hydrogen-bond donors (Lipinski definition) is 1. The molecule has 3 heterocycles. The van der Waals surface area contributed by atoms with E-state index in [0.717, 1.165) is 4.68 Å². The van der Waals surface area contributed by atoms with Gasteiger partial charge in [0.15, 0.2) is 27.8 Å². The topological polar surface area (TPSA) is 127 Å². The average molecular weight is 489 g/mol. The van der Waals surface area contributed by atoms with Gasteiger partial charge < -0.3 is 23.5 Å². The molecule has 0 radical (unpaired) electrons. The summed E-state index contributed by atoms with van der Waals surface area (Å²) in [5.41, 5.74) is 0.276. The van der Waals surface area contributed by atoms with E-state index in [1.165, 1.54) is 44.8 Å².